The van der Waals surface area contributed by atoms with Crippen molar-refractivity contribution in [2.24, 2.45) is 0 Å². The first kappa shape index (κ1) is 19.5. The molecule has 0 unspecified atom stereocenters. The second kappa shape index (κ2) is 8.65. The van der Waals surface area contributed by atoms with E-state index in [1.165, 1.54) is 31.2 Å². The standard InChI is InChI=1S/C21H22FN3O3/c1-15(26)23-19-8-2-16(3-9-19)14-20(27)24-10-12-25(13-11-24)21(28)17-4-6-18(22)7-5-17/h2-9H,10-14H2,1H3,(H,23,26). The Labute approximate surface area is 162 Å². The van der Waals surface area contributed by atoms with Gasteiger partial charge < -0.3 is 15.1 Å². The lowest BCUT2D eigenvalue weighted by Crippen LogP contribution is -2.51. The zero-order chi connectivity index (χ0) is 20.1. The summed E-state index contributed by atoms with van der Waals surface area (Å²) in [4.78, 5) is 39.5. The molecule has 2 aromatic rings. The fraction of sp³-hybridized carbons (Fsp3) is 0.286. The van der Waals surface area contributed by atoms with E-state index in [4.69, 9.17) is 0 Å². The van der Waals surface area contributed by atoms with Crippen molar-refractivity contribution in [3.8, 4) is 0 Å². The van der Waals surface area contributed by atoms with Crippen LogP contribution in [0, 0.1) is 5.82 Å². The van der Waals surface area contributed by atoms with E-state index < -0.39 is 0 Å². The van der Waals surface area contributed by atoms with Crippen molar-refractivity contribution < 1.29 is 18.8 Å². The van der Waals surface area contributed by atoms with Gasteiger partial charge in [0.05, 0.1) is 6.42 Å². The minimum atomic E-state index is -0.378. The van der Waals surface area contributed by atoms with Crippen molar-refractivity contribution in [1.82, 2.24) is 9.80 Å². The zero-order valence-electron chi connectivity index (χ0n) is 15.7. The van der Waals surface area contributed by atoms with Gasteiger partial charge >= 0.3 is 0 Å². The van der Waals surface area contributed by atoms with Crippen LogP contribution in [0.1, 0.15) is 22.8 Å². The molecule has 0 radical (unpaired) electrons. The van der Waals surface area contributed by atoms with Crippen LogP contribution in [0.2, 0.25) is 0 Å². The van der Waals surface area contributed by atoms with Gasteiger partial charge in [0.2, 0.25) is 11.8 Å². The molecule has 2 aromatic carbocycles. The van der Waals surface area contributed by atoms with Gasteiger partial charge in [0.15, 0.2) is 0 Å². The van der Waals surface area contributed by atoms with E-state index in [0.717, 1.165) is 5.56 Å². The Morgan fingerprint density at radius 3 is 2.04 bits per heavy atom. The molecule has 28 heavy (non-hydrogen) atoms. The number of anilines is 1. The van der Waals surface area contributed by atoms with E-state index >= 15 is 0 Å². The van der Waals surface area contributed by atoms with Crippen LogP contribution in [-0.2, 0) is 16.0 Å². The summed E-state index contributed by atoms with van der Waals surface area (Å²) in [6, 6.07) is 12.6. The molecule has 0 aliphatic carbocycles. The minimum absolute atomic E-state index is 0.00107. The quantitative estimate of drug-likeness (QED) is 0.881. The van der Waals surface area contributed by atoms with Crippen molar-refractivity contribution in [3.05, 3.63) is 65.5 Å². The first-order valence-electron chi connectivity index (χ1n) is 9.11. The Morgan fingerprint density at radius 1 is 0.893 bits per heavy atom. The van der Waals surface area contributed by atoms with E-state index in [1.807, 2.05) is 12.1 Å². The maximum absolute atomic E-state index is 13.0. The Balaban J connectivity index is 1.51. The topological polar surface area (TPSA) is 69.7 Å². The first-order valence-corrected chi connectivity index (χ1v) is 9.11. The number of hydrogen-bond acceptors (Lipinski definition) is 3. The molecule has 1 heterocycles. The summed E-state index contributed by atoms with van der Waals surface area (Å²) in [7, 11) is 0. The number of nitrogens with zero attached hydrogens (tertiary/aromatic N) is 2. The highest BCUT2D eigenvalue weighted by Crippen LogP contribution is 2.13. The summed E-state index contributed by atoms with van der Waals surface area (Å²) >= 11 is 0. The average molecular weight is 383 g/mol. The summed E-state index contributed by atoms with van der Waals surface area (Å²) in [6.45, 7) is 3.27. The van der Waals surface area contributed by atoms with Crippen LogP contribution in [-0.4, -0.2) is 53.7 Å². The lowest BCUT2D eigenvalue weighted by atomic mass is 10.1. The van der Waals surface area contributed by atoms with Gasteiger partial charge in [-0.25, -0.2) is 4.39 Å². The summed E-state index contributed by atoms with van der Waals surface area (Å²) in [5.41, 5.74) is 2.00. The molecule has 1 saturated heterocycles. The molecule has 1 N–H and O–H groups in total. The van der Waals surface area contributed by atoms with Crippen LogP contribution in [0.15, 0.2) is 48.5 Å². The van der Waals surface area contributed by atoms with Gasteiger partial charge in [-0.3, -0.25) is 14.4 Å². The molecular formula is C21H22FN3O3. The molecule has 146 valence electrons. The van der Waals surface area contributed by atoms with Crippen molar-refractivity contribution in [1.29, 1.82) is 0 Å². The SMILES string of the molecule is CC(=O)Nc1ccc(CC(=O)N2CCN(C(=O)c3ccc(F)cc3)CC2)cc1. The van der Waals surface area contributed by atoms with Gasteiger partial charge in [0.1, 0.15) is 5.82 Å². The van der Waals surface area contributed by atoms with Gasteiger partial charge in [-0.1, -0.05) is 12.1 Å². The molecule has 3 amide bonds. The normalized spacial score (nSPS) is 13.9. The van der Waals surface area contributed by atoms with Gasteiger partial charge in [-0.05, 0) is 42.0 Å². The van der Waals surface area contributed by atoms with Crippen LogP contribution in [0.25, 0.3) is 0 Å². The summed E-state index contributed by atoms with van der Waals surface area (Å²) in [6.07, 6.45) is 0.270. The van der Waals surface area contributed by atoms with E-state index in [-0.39, 0.29) is 30.0 Å². The smallest absolute Gasteiger partial charge is 0.253 e. The summed E-state index contributed by atoms with van der Waals surface area (Å²) in [5.74, 6) is -0.671. The highest BCUT2D eigenvalue weighted by molar-refractivity contribution is 5.94. The number of amides is 3. The van der Waals surface area contributed by atoms with Gasteiger partial charge in [0.25, 0.3) is 5.91 Å². The van der Waals surface area contributed by atoms with E-state index in [2.05, 4.69) is 5.32 Å². The van der Waals surface area contributed by atoms with Gasteiger partial charge in [-0.2, -0.15) is 0 Å². The summed E-state index contributed by atoms with van der Waals surface area (Å²) in [5, 5.41) is 2.69. The molecule has 0 aromatic heterocycles. The summed E-state index contributed by atoms with van der Waals surface area (Å²) < 4.78 is 13.0. The lowest BCUT2D eigenvalue weighted by Gasteiger charge is -2.35. The molecule has 3 rings (SSSR count). The largest absolute Gasteiger partial charge is 0.339 e. The predicted molar refractivity (Wildman–Crippen MR) is 103 cm³/mol. The minimum Gasteiger partial charge on any atom is -0.339 e. The highest BCUT2D eigenvalue weighted by Gasteiger charge is 2.24. The average Bonchev–Trinajstić information content (AvgIpc) is 2.69. The predicted octanol–water partition coefficient (Wildman–Crippen LogP) is 2.31. The molecule has 1 aliphatic heterocycles. The first-order chi connectivity index (χ1) is 13.4. The third kappa shape index (κ3) is 4.94. The molecule has 7 heteroatoms. The second-order valence-corrected chi connectivity index (χ2v) is 6.73. The van der Waals surface area contributed by atoms with E-state index in [0.29, 0.717) is 37.4 Å². The number of rotatable bonds is 4. The van der Waals surface area contributed by atoms with Crippen LogP contribution in [0.4, 0.5) is 10.1 Å². The van der Waals surface area contributed by atoms with Crippen LogP contribution in [0.3, 0.4) is 0 Å². The van der Waals surface area contributed by atoms with Crippen molar-refractivity contribution in [2.45, 2.75) is 13.3 Å². The number of halogens is 1. The molecule has 0 bridgehead atoms. The third-order valence-corrected chi connectivity index (χ3v) is 4.64. The van der Waals surface area contributed by atoms with E-state index in [9.17, 15) is 18.8 Å². The molecule has 1 fully saturated rings. The van der Waals surface area contributed by atoms with E-state index in [1.54, 1.807) is 21.9 Å². The fourth-order valence-corrected chi connectivity index (χ4v) is 3.13. The number of benzene rings is 2. The molecular weight excluding hydrogens is 361 g/mol. The highest BCUT2D eigenvalue weighted by atomic mass is 19.1. The maximum Gasteiger partial charge on any atom is 0.253 e. The molecule has 0 atom stereocenters. The maximum atomic E-state index is 13.0. The van der Waals surface area contributed by atoms with Crippen LogP contribution < -0.4 is 5.32 Å². The Kier molecular flexibility index (Phi) is 6.03. The Hall–Kier alpha value is -3.22. The van der Waals surface area contributed by atoms with Gasteiger partial charge in [-0.15, -0.1) is 0 Å². The zero-order valence-corrected chi connectivity index (χ0v) is 15.7. The Morgan fingerprint density at radius 2 is 1.46 bits per heavy atom. The molecule has 0 saturated carbocycles. The van der Waals surface area contributed by atoms with Gasteiger partial charge in [0, 0.05) is 44.4 Å². The van der Waals surface area contributed by atoms with Crippen molar-refractivity contribution in [2.75, 3.05) is 31.5 Å². The van der Waals surface area contributed by atoms with Crippen molar-refractivity contribution in [3.63, 3.8) is 0 Å². The fourth-order valence-electron chi connectivity index (χ4n) is 3.13. The number of nitrogens with one attached hydrogen (secondary N) is 1. The number of carbonyl (C=O) groups is 3. The number of piperazine rings is 1. The van der Waals surface area contributed by atoms with Crippen LogP contribution >= 0.6 is 0 Å². The third-order valence-electron chi connectivity index (χ3n) is 4.64. The monoisotopic (exact) mass is 383 g/mol. The molecule has 6 nitrogen and oxygen atoms in total. The molecule has 1 aliphatic rings. The lowest BCUT2D eigenvalue weighted by molar-refractivity contribution is -0.131. The number of hydrogen-bond donors (Lipinski definition) is 1. The van der Waals surface area contributed by atoms with Crippen LogP contribution in [0.5, 0.6) is 0 Å². The van der Waals surface area contributed by atoms with Crippen molar-refractivity contribution >= 4 is 23.4 Å². The molecule has 0 spiro atoms. The Bertz CT molecular complexity index is 857. The number of carbonyl (C=O) groups excluding carboxylic acids is 3. The second-order valence-electron chi connectivity index (χ2n) is 6.73.